The molecule has 110 valence electrons. The quantitative estimate of drug-likeness (QED) is 0.885. The number of hydrogen-bond acceptors (Lipinski definition) is 4. The second-order valence-corrected chi connectivity index (χ2v) is 7.09. The lowest BCUT2D eigenvalue weighted by molar-refractivity contribution is 0.565. The Hall–Kier alpha value is -1.49. The third kappa shape index (κ3) is 2.82. The number of aromatic nitrogens is 2. The first kappa shape index (κ1) is 14.9. The molecule has 0 aliphatic rings. The number of nitrogens with one attached hydrogen (secondary N) is 1. The molecule has 0 spiro atoms. The normalized spacial score (nSPS) is 12.1. The van der Waals surface area contributed by atoms with Crippen LogP contribution in [0.1, 0.15) is 44.2 Å². The number of hydrogen-bond donors (Lipinski definition) is 2. The Morgan fingerprint density at radius 3 is 2.65 bits per heavy atom. The monoisotopic (exact) mass is 292 g/mol. The fraction of sp³-hybridized carbons (Fsp3) is 0.533. The van der Waals surface area contributed by atoms with Gasteiger partial charge >= 0.3 is 0 Å². The summed E-state index contributed by atoms with van der Waals surface area (Å²) in [5, 5.41) is 10.1. The molecule has 5 heteroatoms. The molecule has 0 amide bonds. The molecule has 0 aliphatic carbocycles. The van der Waals surface area contributed by atoms with Gasteiger partial charge in [-0.2, -0.15) is 5.10 Å². The topological polar surface area (TPSA) is 55.9 Å². The lowest BCUT2D eigenvalue weighted by atomic mass is 9.91. The summed E-state index contributed by atoms with van der Waals surface area (Å²) in [6, 6.07) is 4.27. The minimum absolute atomic E-state index is 0.0723. The van der Waals surface area contributed by atoms with Gasteiger partial charge in [0.1, 0.15) is 5.82 Å². The lowest BCUT2D eigenvalue weighted by Gasteiger charge is -2.24. The molecule has 0 saturated heterocycles. The zero-order chi connectivity index (χ0) is 14.9. The maximum atomic E-state index is 6.21. The van der Waals surface area contributed by atoms with Crippen LogP contribution in [0, 0.1) is 0 Å². The third-order valence-corrected chi connectivity index (χ3v) is 4.78. The zero-order valence-electron chi connectivity index (χ0n) is 12.9. The van der Waals surface area contributed by atoms with E-state index in [4.69, 9.17) is 5.73 Å². The largest absolute Gasteiger partial charge is 0.394 e. The van der Waals surface area contributed by atoms with Gasteiger partial charge in [-0.15, -0.1) is 11.3 Å². The second kappa shape index (κ2) is 5.48. The van der Waals surface area contributed by atoms with Crippen LogP contribution in [-0.4, -0.2) is 16.3 Å². The second-order valence-electron chi connectivity index (χ2n) is 6.14. The summed E-state index contributed by atoms with van der Waals surface area (Å²) in [7, 11) is 1.93. The van der Waals surface area contributed by atoms with Crippen molar-refractivity contribution in [1.29, 1.82) is 0 Å². The van der Waals surface area contributed by atoms with E-state index in [1.807, 2.05) is 11.7 Å². The minimum atomic E-state index is 0.0723. The van der Waals surface area contributed by atoms with Gasteiger partial charge in [-0.3, -0.25) is 4.68 Å². The van der Waals surface area contributed by atoms with E-state index in [0.29, 0.717) is 5.92 Å². The van der Waals surface area contributed by atoms with Gasteiger partial charge in [-0.1, -0.05) is 33.8 Å². The van der Waals surface area contributed by atoms with E-state index in [1.165, 1.54) is 4.88 Å². The summed E-state index contributed by atoms with van der Waals surface area (Å²) in [5.74, 6) is 1.25. The number of nitrogens with two attached hydrogens (primary N) is 1. The van der Waals surface area contributed by atoms with Crippen molar-refractivity contribution in [2.75, 3.05) is 17.6 Å². The molecule has 0 bridgehead atoms. The van der Waals surface area contributed by atoms with Gasteiger partial charge in [0, 0.05) is 23.9 Å². The highest BCUT2D eigenvalue weighted by Crippen LogP contribution is 2.31. The van der Waals surface area contributed by atoms with Crippen molar-refractivity contribution in [3.63, 3.8) is 0 Å². The van der Waals surface area contributed by atoms with Crippen LogP contribution in [-0.2, 0) is 12.5 Å². The molecule has 0 aliphatic heterocycles. The minimum Gasteiger partial charge on any atom is -0.394 e. The van der Waals surface area contributed by atoms with E-state index in [0.717, 1.165) is 23.7 Å². The fourth-order valence-electron chi connectivity index (χ4n) is 2.25. The SMILES string of the molecule is CC(C)c1nn(C)c(NCC(C)(C)c2cccs2)c1N. The van der Waals surface area contributed by atoms with E-state index < -0.39 is 0 Å². The van der Waals surface area contributed by atoms with Crippen molar-refractivity contribution < 1.29 is 0 Å². The Kier molecular flexibility index (Phi) is 4.09. The molecule has 0 radical (unpaired) electrons. The van der Waals surface area contributed by atoms with Crippen LogP contribution < -0.4 is 11.1 Å². The first-order valence-corrected chi connectivity index (χ1v) is 7.81. The van der Waals surface area contributed by atoms with Crippen LogP contribution >= 0.6 is 11.3 Å². The highest BCUT2D eigenvalue weighted by molar-refractivity contribution is 7.10. The first-order chi connectivity index (χ1) is 9.33. The van der Waals surface area contributed by atoms with Crippen molar-refractivity contribution in [3.05, 3.63) is 28.1 Å². The Labute approximate surface area is 125 Å². The van der Waals surface area contributed by atoms with Crippen LogP contribution in [0.15, 0.2) is 17.5 Å². The van der Waals surface area contributed by atoms with Gasteiger partial charge < -0.3 is 11.1 Å². The Morgan fingerprint density at radius 1 is 1.45 bits per heavy atom. The van der Waals surface area contributed by atoms with Crippen LogP contribution in [0.4, 0.5) is 11.5 Å². The van der Waals surface area contributed by atoms with Crippen molar-refractivity contribution in [2.24, 2.45) is 7.05 Å². The molecule has 2 rings (SSSR count). The molecule has 2 aromatic rings. The van der Waals surface area contributed by atoms with Gasteiger partial charge in [0.25, 0.3) is 0 Å². The predicted molar refractivity (Wildman–Crippen MR) is 87.5 cm³/mol. The number of nitrogens with zero attached hydrogens (tertiary/aromatic N) is 2. The summed E-state index contributed by atoms with van der Waals surface area (Å²) < 4.78 is 1.84. The van der Waals surface area contributed by atoms with Crippen LogP contribution in [0.2, 0.25) is 0 Å². The summed E-state index contributed by atoms with van der Waals surface area (Å²) in [4.78, 5) is 1.37. The molecule has 20 heavy (non-hydrogen) atoms. The van der Waals surface area contributed by atoms with E-state index >= 15 is 0 Å². The molecule has 2 heterocycles. The molecule has 0 saturated carbocycles. The molecule has 0 unspecified atom stereocenters. The highest BCUT2D eigenvalue weighted by Gasteiger charge is 2.23. The van der Waals surface area contributed by atoms with Gasteiger partial charge in [0.15, 0.2) is 0 Å². The number of thiophene rings is 1. The number of nitrogen functional groups attached to an aromatic ring is 1. The average molecular weight is 292 g/mol. The molecule has 0 aromatic carbocycles. The lowest BCUT2D eigenvalue weighted by Crippen LogP contribution is -2.27. The number of aryl methyl sites for hydroxylation is 1. The van der Waals surface area contributed by atoms with E-state index in [2.05, 4.69) is 55.6 Å². The summed E-state index contributed by atoms with van der Waals surface area (Å²) in [5.41, 5.74) is 8.01. The third-order valence-electron chi connectivity index (χ3n) is 3.55. The predicted octanol–water partition coefficient (Wildman–Crippen LogP) is 3.58. The molecule has 0 atom stereocenters. The van der Waals surface area contributed by atoms with Crippen molar-refractivity contribution >= 4 is 22.8 Å². The Morgan fingerprint density at radius 2 is 2.15 bits per heavy atom. The molecular weight excluding hydrogens is 268 g/mol. The number of anilines is 2. The summed E-state index contributed by atoms with van der Waals surface area (Å²) in [6.07, 6.45) is 0. The summed E-state index contributed by atoms with van der Waals surface area (Å²) >= 11 is 1.79. The van der Waals surface area contributed by atoms with Gasteiger partial charge in [0.05, 0.1) is 11.4 Å². The zero-order valence-corrected chi connectivity index (χ0v) is 13.7. The van der Waals surface area contributed by atoms with Gasteiger partial charge in [-0.25, -0.2) is 0 Å². The maximum absolute atomic E-state index is 6.21. The van der Waals surface area contributed by atoms with Crippen molar-refractivity contribution in [3.8, 4) is 0 Å². The number of rotatable bonds is 5. The van der Waals surface area contributed by atoms with Crippen molar-refractivity contribution in [1.82, 2.24) is 9.78 Å². The van der Waals surface area contributed by atoms with Gasteiger partial charge in [-0.05, 0) is 17.4 Å². The van der Waals surface area contributed by atoms with Crippen LogP contribution in [0.5, 0.6) is 0 Å². The smallest absolute Gasteiger partial charge is 0.147 e. The standard InChI is InChI=1S/C15H24N4S/c1-10(2)13-12(16)14(19(5)18-13)17-9-15(3,4)11-7-6-8-20-11/h6-8,10,17H,9,16H2,1-5H3. The molecule has 0 fully saturated rings. The highest BCUT2D eigenvalue weighted by atomic mass is 32.1. The molecule has 2 aromatic heterocycles. The van der Waals surface area contributed by atoms with E-state index in [-0.39, 0.29) is 5.41 Å². The van der Waals surface area contributed by atoms with E-state index in [9.17, 15) is 0 Å². The van der Waals surface area contributed by atoms with Gasteiger partial charge in [0.2, 0.25) is 0 Å². The van der Waals surface area contributed by atoms with Crippen LogP contribution in [0.3, 0.4) is 0 Å². The summed E-state index contributed by atoms with van der Waals surface area (Å²) in [6.45, 7) is 9.52. The van der Waals surface area contributed by atoms with Crippen LogP contribution in [0.25, 0.3) is 0 Å². The average Bonchev–Trinajstić information content (AvgIpc) is 2.97. The molecule has 4 nitrogen and oxygen atoms in total. The Bertz CT molecular complexity index is 567. The first-order valence-electron chi connectivity index (χ1n) is 6.93. The van der Waals surface area contributed by atoms with Crippen molar-refractivity contribution in [2.45, 2.75) is 39.0 Å². The Balaban J connectivity index is 2.16. The fourth-order valence-corrected chi connectivity index (χ4v) is 3.10. The maximum Gasteiger partial charge on any atom is 0.147 e. The van der Waals surface area contributed by atoms with E-state index in [1.54, 1.807) is 11.3 Å². The molecule has 3 N–H and O–H groups in total. The molecular formula is C15H24N4S.